The van der Waals surface area contributed by atoms with Gasteiger partial charge in [-0.25, -0.2) is 0 Å². The standard InChI is InChI=1S/C72H48N2/c1-3-17-50(18-4-1)61-46-37-54(47-68(61)69-48-55-21-7-8-24-60(55)64-25-9-10-26-65(64)69)49-33-38-56(39-34-49)73(58-42-44-59(45-43-58)74-70-31-13-11-27-66(70)67-28-12-14-32-71(67)74)57-40-35-52(36-41-57)63-30-16-23-53-22-15-29-62(72(53)63)51-19-5-2-6-20-51/h1-48H. The van der Waals surface area contributed by atoms with Crippen LogP contribution in [0.25, 0.3) is 115 Å². The smallest absolute Gasteiger partial charge is 0.0541 e. The van der Waals surface area contributed by atoms with Crippen LogP contribution in [0.4, 0.5) is 17.1 Å². The van der Waals surface area contributed by atoms with Gasteiger partial charge >= 0.3 is 0 Å². The third kappa shape index (κ3) is 7.43. The van der Waals surface area contributed by atoms with Crippen molar-refractivity contribution in [1.82, 2.24) is 4.57 Å². The summed E-state index contributed by atoms with van der Waals surface area (Å²) in [6, 6.07) is 106. The van der Waals surface area contributed by atoms with E-state index in [9.17, 15) is 0 Å². The fourth-order valence-corrected chi connectivity index (χ4v) is 11.5. The molecule has 2 heteroatoms. The van der Waals surface area contributed by atoms with Crippen molar-refractivity contribution in [1.29, 1.82) is 0 Å². The topological polar surface area (TPSA) is 8.17 Å². The number of para-hydroxylation sites is 2. The van der Waals surface area contributed by atoms with E-state index in [2.05, 4.69) is 301 Å². The third-order valence-corrected chi connectivity index (χ3v) is 15.0. The number of hydrogen-bond donors (Lipinski definition) is 0. The summed E-state index contributed by atoms with van der Waals surface area (Å²) >= 11 is 0. The fourth-order valence-electron chi connectivity index (χ4n) is 11.5. The van der Waals surface area contributed by atoms with Gasteiger partial charge in [0.15, 0.2) is 0 Å². The van der Waals surface area contributed by atoms with Gasteiger partial charge in [-0.2, -0.15) is 0 Å². The number of aromatic nitrogens is 1. The number of nitrogens with zero attached hydrogens (tertiary/aromatic N) is 2. The molecule has 0 unspecified atom stereocenters. The molecule has 0 amide bonds. The molecule has 14 aromatic rings. The quantitative estimate of drug-likeness (QED) is 0.131. The lowest BCUT2D eigenvalue weighted by molar-refractivity contribution is 1.17. The van der Waals surface area contributed by atoms with Crippen molar-refractivity contribution in [3.8, 4) is 61.3 Å². The highest BCUT2D eigenvalue weighted by molar-refractivity contribution is 6.15. The lowest BCUT2D eigenvalue weighted by Gasteiger charge is -2.26. The molecule has 1 aromatic heterocycles. The van der Waals surface area contributed by atoms with Gasteiger partial charge in [0, 0.05) is 33.5 Å². The Labute approximate surface area is 430 Å². The lowest BCUT2D eigenvalue weighted by Crippen LogP contribution is -2.10. The van der Waals surface area contributed by atoms with E-state index in [-0.39, 0.29) is 0 Å². The first-order valence-electron chi connectivity index (χ1n) is 25.5. The van der Waals surface area contributed by atoms with E-state index >= 15 is 0 Å². The Morgan fingerprint density at radius 2 is 0.676 bits per heavy atom. The second kappa shape index (κ2) is 18.1. The Morgan fingerprint density at radius 3 is 1.28 bits per heavy atom. The monoisotopic (exact) mass is 940 g/mol. The molecular weight excluding hydrogens is 893 g/mol. The minimum absolute atomic E-state index is 1.07. The Morgan fingerprint density at radius 1 is 0.230 bits per heavy atom. The van der Waals surface area contributed by atoms with E-state index in [4.69, 9.17) is 0 Å². The van der Waals surface area contributed by atoms with Gasteiger partial charge in [0.25, 0.3) is 0 Å². The van der Waals surface area contributed by atoms with E-state index in [1.54, 1.807) is 0 Å². The summed E-state index contributed by atoms with van der Waals surface area (Å²) in [6.45, 7) is 0. The van der Waals surface area contributed by atoms with Crippen molar-refractivity contribution in [3.05, 3.63) is 291 Å². The van der Waals surface area contributed by atoms with Crippen LogP contribution in [-0.2, 0) is 0 Å². The normalized spacial score (nSPS) is 11.5. The van der Waals surface area contributed by atoms with Crippen LogP contribution in [0.1, 0.15) is 0 Å². The van der Waals surface area contributed by atoms with Crippen LogP contribution in [0.15, 0.2) is 291 Å². The van der Waals surface area contributed by atoms with Gasteiger partial charge in [-0.3, -0.25) is 0 Å². The molecule has 0 atom stereocenters. The van der Waals surface area contributed by atoms with Gasteiger partial charge in [0.1, 0.15) is 0 Å². The van der Waals surface area contributed by atoms with Crippen molar-refractivity contribution < 1.29 is 0 Å². The molecule has 0 aliphatic heterocycles. The zero-order valence-corrected chi connectivity index (χ0v) is 40.6. The average Bonchev–Trinajstić information content (AvgIpc) is 3.82. The van der Waals surface area contributed by atoms with Gasteiger partial charge in [-0.1, -0.05) is 218 Å². The van der Waals surface area contributed by atoms with Crippen molar-refractivity contribution >= 4 is 71.2 Å². The van der Waals surface area contributed by atoms with Crippen molar-refractivity contribution in [3.63, 3.8) is 0 Å². The highest BCUT2D eigenvalue weighted by Gasteiger charge is 2.19. The molecule has 0 saturated carbocycles. The van der Waals surface area contributed by atoms with Crippen LogP contribution < -0.4 is 4.90 Å². The molecule has 0 saturated heterocycles. The van der Waals surface area contributed by atoms with E-state index < -0.39 is 0 Å². The lowest BCUT2D eigenvalue weighted by atomic mass is 9.87. The molecule has 0 radical (unpaired) electrons. The van der Waals surface area contributed by atoms with Gasteiger partial charge in [0.2, 0.25) is 0 Å². The molecule has 0 aliphatic rings. The Balaban J connectivity index is 0.889. The highest BCUT2D eigenvalue weighted by Crippen LogP contribution is 2.44. The molecule has 13 aromatic carbocycles. The first kappa shape index (κ1) is 43.1. The average molecular weight is 941 g/mol. The van der Waals surface area contributed by atoms with Crippen LogP contribution >= 0.6 is 0 Å². The molecule has 74 heavy (non-hydrogen) atoms. The van der Waals surface area contributed by atoms with Crippen LogP contribution in [0.2, 0.25) is 0 Å². The summed E-state index contributed by atoms with van der Waals surface area (Å²) in [5.41, 5.74) is 18.8. The maximum absolute atomic E-state index is 2.40. The number of rotatable bonds is 9. The van der Waals surface area contributed by atoms with Crippen molar-refractivity contribution in [2.24, 2.45) is 0 Å². The summed E-state index contributed by atoms with van der Waals surface area (Å²) in [6.07, 6.45) is 0. The molecule has 1 heterocycles. The van der Waals surface area contributed by atoms with Gasteiger partial charge in [-0.05, 0) is 161 Å². The zero-order chi connectivity index (χ0) is 49.0. The second-order valence-corrected chi connectivity index (χ2v) is 19.2. The van der Waals surface area contributed by atoms with E-state index in [0.717, 1.165) is 28.3 Å². The van der Waals surface area contributed by atoms with Crippen LogP contribution in [-0.4, -0.2) is 4.57 Å². The SMILES string of the molecule is c1ccc(-c2ccc(-c3ccc(N(c4ccc(-c5cccc6cccc(-c7ccccc7)c56)cc4)c4ccc(-n5c6ccccc6c6ccccc65)cc4)cc3)cc2-c2cc3ccccc3c3ccccc23)cc1. The number of benzene rings is 13. The summed E-state index contributed by atoms with van der Waals surface area (Å²) in [7, 11) is 0. The summed E-state index contributed by atoms with van der Waals surface area (Å²) in [5.74, 6) is 0. The van der Waals surface area contributed by atoms with Crippen LogP contribution in [0.3, 0.4) is 0 Å². The van der Waals surface area contributed by atoms with E-state index in [1.807, 2.05) is 0 Å². The minimum Gasteiger partial charge on any atom is -0.311 e. The minimum atomic E-state index is 1.07. The maximum Gasteiger partial charge on any atom is 0.0541 e. The summed E-state index contributed by atoms with van der Waals surface area (Å²) in [5, 5.41) is 10.0. The molecule has 0 aliphatic carbocycles. The third-order valence-electron chi connectivity index (χ3n) is 15.0. The first-order chi connectivity index (χ1) is 36.7. The molecule has 0 N–H and O–H groups in total. The molecule has 14 rings (SSSR count). The predicted molar refractivity (Wildman–Crippen MR) is 315 cm³/mol. The molecule has 346 valence electrons. The fraction of sp³-hybridized carbons (Fsp3) is 0. The van der Waals surface area contributed by atoms with Crippen molar-refractivity contribution in [2.75, 3.05) is 4.90 Å². The number of anilines is 3. The molecule has 0 bridgehead atoms. The Kier molecular flexibility index (Phi) is 10.6. The zero-order valence-electron chi connectivity index (χ0n) is 40.6. The molecular formula is C72H48N2. The summed E-state index contributed by atoms with van der Waals surface area (Å²) < 4.78 is 2.38. The Hall–Kier alpha value is -9.76. The second-order valence-electron chi connectivity index (χ2n) is 19.2. The maximum atomic E-state index is 2.40. The molecule has 0 fully saturated rings. The van der Waals surface area contributed by atoms with E-state index in [0.29, 0.717) is 0 Å². The van der Waals surface area contributed by atoms with Gasteiger partial charge < -0.3 is 9.47 Å². The first-order valence-corrected chi connectivity index (χ1v) is 25.5. The Bertz CT molecular complexity index is 4320. The predicted octanol–water partition coefficient (Wildman–Crippen LogP) is 20.0. The molecule has 0 spiro atoms. The summed E-state index contributed by atoms with van der Waals surface area (Å²) in [4.78, 5) is 2.38. The molecule has 2 nitrogen and oxygen atoms in total. The van der Waals surface area contributed by atoms with Gasteiger partial charge in [-0.15, -0.1) is 0 Å². The number of hydrogen-bond acceptors (Lipinski definition) is 1. The van der Waals surface area contributed by atoms with Crippen LogP contribution in [0, 0.1) is 0 Å². The van der Waals surface area contributed by atoms with Gasteiger partial charge in [0.05, 0.1) is 11.0 Å². The van der Waals surface area contributed by atoms with Crippen molar-refractivity contribution in [2.45, 2.75) is 0 Å². The highest BCUT2D eigenvalue weighted by atomic mass is 15.1. The largest absolute Gasteiger partial charge is 0.311 e. The van der Waals surface area contributed by atoms with Crippen LogP contribution in [0.5, 0.6) is 0 Å². The number of fused-ring (bicyclic) bond motifs is 7. The van der Waals surface area contributed by atoms with E-state index in [1.165, 1.54) is 104 Å².